The van der Waals surface area contributed by atoms with Crippen molar-refractivity contribution in [3.63, 3.8) is 0 Å². The van der Waals surface area contributed by atoms with Gasteiger partial charge in [-0.3, -0.25) is 0 Å². The topological polar surface area (TPSA) is 78.1 Å². The summed E-state index contributed by atoms with van der Waals surface area (Å²) < 4.78 is 16.8. The van der Waals surface area contributed by atoms with Crippen LogP contribution in [0.5, 0.6) is 11.5 Å². The van der Waals surface area contributed by atoms with Gasteiger partial charge in [0, 0.05) is 19.6 Å². The van der Waals surface area contributed by atoms with Crippen molar-refractivity contribution in [2.45, 2.75) is 31.9 Å². The van der Waals surface area contributed by atoms with Crippen LogP contribution in [-0.2, 0) is 11.3 Å². The van der Waals surface area contributed by atoms with E-state index in [1.54, 1.807) is 0 Å². The van der Waals surface area contributed by atoms with Crippen molar-refractivity contribution in [3.8, 4) is 11.5 Å². The molecule has 1 aromatic carbocycles. The molecule has 0 saturated carbocycles. The number of rotatable bonds is 4. The number of halogens is 1. The maximum Gasteiger partial charge on any atom is 0.189 e. The molecule has 1 atom stereocenters. The fraction of sp³-hybridized carbons (Fsp3) is 0.562. The Morgan fingerprint density at radius 2 is 2.13 bits per heavy atom. The van der Waals surface area contributed by atoms with E-state index in [1.165, 1.54) is 0 Å². The Morgan fingerprint density at radius 1 is 1.26 bits per heavy atom. The number of fused-ring (bicyclic) bond motifs is 1. The summed E-state index contributed by atoms with van der Waals surface area (Å²) in [5, 5.41) is 3.64. The molecular weight excluding hydrogens is 318 g/mol. The highest BCUT2D eigenvalue weighted by atomic mass is 35.5. The summed E-state index contributed by atoms with van der Waals surface area (Å²) in [6, 6.07) is 3.75. The summed E-state index contributed by atoms with van der Waals surface area (Å²) in [4.78, 5) is 4.34. The molecule has 126 valence electrons. The third kappa shape index (κ3) is 4.42. The first-order chi connectivity index (χ1) is 11.2. The molecule has 0 aromatic heterocycles. The van der Waals surface area contributed by atoms with Gasteiger partial charge in [0.05, 0.1) is 30.9 Å². The van der Waals surface area contributed by atoms with E-state index in [4.69, 9.17) is 31.5 Å². The van der Waals surface area contributed by atoms with Crippen molar-refractivity contribution in [2.75, 3.05) is 26.4 Å². The van der Waals surface area contributed by atoms with Crippen LogP contribution in [0.3, 0.4) is 0 Å². The molecule has 6 nitrogen and oxygen atoms in total. The quantitative estimate of drug-likeness (QED) is 0.648. The molecule has 0 aliphatic carbocycles. The summed E-state index contributed by atoms with van der Waals surface area (Å²) in [5.41, 5.74) is 6.83. The third-order valence-electron chi connectivity index (χ3n) is 3.83. The molecule has 3 N–H and O–H groups in total. The molecule has 0 bridgehead atoms. The first-order valence-electron chi connectivity index (χ1n) is 7.96. The highest BCUT2D eigenvalue weighted by molar-refractivity contribution is 6.32. The lowest BCUT2D eigenvalue weighted by atomic mass is 10.2. The normalized spacial score (nSPS) is 21.1. The van der Waals surface area contributed by atoms with E-state index < -0.39 is 0 Å². The van der Waals surface area contributed by atoms with Crippen LogP contribution in [0, 0.1) is 0 Å². The molecule has 7 heteroatoms. The zero-order chi connectivity index (χ0) is 16.1. The second-order valence-corrected chi connectivity index (χ2v) is 6.08. The average Bonchev–Trinajstić information content (AvgIpc) is 2.95. The molecule has 0 radical (unpaired) electrons. The third-order valence-corrected chi connectivity index (χ3v) is 4.11. The maximum atomic E-state index is 6.27. The van der Waals surface area contributed by atoms with Crippen LogP contribution >= 0.6 is 11.6 Å². The van der Waals surface area contributed by atoms with Gasteiger partial charge in [-0.2, -0.15) is 0 Å². The minimum absolute atomic E-state index is 0.233. The summed E-state index contributed by atoms with van der Waals surface area (Å²) >= 11 is 6.27. The fourth-order valence-corrected chi connectivity index (χ4v) is 2.92. The van der Waals surface area contributed by atoms with E-state index in [0.717, 1.165) is 31.4 Å². The molecule has 1 aromatic rings. The number of nitrogens with two attached hydrogens (primary N) is 1. The summed E-state index contributed by atoms with van der Waals surface area (Å²) in [6.45, 7) is 3.20. The second-order valence-electron chi connectivity index (χ2n) is 5.67. The highest BCUT2D eigenvalue weighted by Gasteiger charge is 2.16. The average molecular weight is 340 g/mol. The van der Waals surface area contributed by atoms with Crippen molar-refractivity contribution in [2.24, 2.45) is 10.7 Å². The van der Waals surface area contributed by atoms with Crippen LogP contribution in [0.1, 0.15) is 24.8 Å². The van der Waals surface area contributed by atoms with Gasteiger partial charge in [0.25, 0.3) is 0 Å². The molecule has 0 spiro atoms. The fourth-order valence-electron chi connectivity index (χ4n) is 2.63. The van der Waals surface area contributed by atoms with Crippen LogP contribution < -0.4 is 20.5 Å². The number of benzene rings is 1. The minimum Gasteiger partial charge on any atom is -0.489 e. The number of hydrogen-bond acceptors (Lipinski definition) is 4. The van der Waals surface area contributed by atoms with Crippen LogP contribution in [0.15, 0.2) is 17.1 Å². The lowest BCUT2D eigenvalue weighted by molar-refractivity contribution is 0.114. The van der Waals surface area contributed by atoms with Gasteiger partial charge in [-0.25, -0.2) is 4.99 Å². The van der Waals surface area contributed by atoms with E-state index in [-0.39, 0.29) is 6.10 Å². The molecular formula is C16H22ClN3O3. The molecule has 1 saturated heterocycles. The predicted octanol–water partition coefficient (Wildman–Crippen LogP) is 2.08. The Morgan fingerprint density at radius 3 is 2.96 bits per heavy atom. The van der Waals surface area contributed by atoms with Crippen LogP contribution in [0.2, 0.25) is 5.02 Å². The molecule has 0 amide bonds. The Kier molecular flexibility index (Phi) is 5.46. The van der Waals surface area contributed by atoms with Crippen LogP contribution in [0.25, 0.3) is 0 Å². The predicted molar refractivity (Wildman–Crippen MR) is 89.4 cm³/mol. The van der Waals surface area contributed by atoms with Crippen molar-refractivity contribution in [1.82, 2.24) is 5.32 Å². The number of nitrogens with zero attached hydrogens (tertiary/aromatic N) is 1. The van der Waals surface area contributed by atoms with Gasteiger partial charge in [0.2, 0.25) is 0 Å². The summed E-state index contributed by atoms with van der Waals surface area (Å²) in [7, 11) is 0. The van der Waals surface area contributed by atoms with Crippen molar-refractivity contribution < 1.29 is 14.2 Å². The maximum absolute atomic E-state index is 6.27. The smallest absolute Gasteiger partial charge is 0.189 e. The SMILES string of the molecule is NC(=NCc1cc(Cl)c2c(c1)OCCCO2)NCC1CCCO1. The Hall–Kier alpha value is -1.66. The van der Waals surface area contributed by atoms with E-state index in [2.05, 4.69) is 10.3 Å². The highest BCUT2D eigenvalue weighted by Crippen LogP contribution is 2.38. The number of guanidine groups is 1. The van der Waals surface area contributed by atoms with Crippen LogP contribution in [-0.4, -0.2) is 38.4 Å². The van der Waals surface area contributed by atoms with Gasteiger partial charge in [0.15, 0.2) is 17.5 Å². The first kappa shape index (κ1) is 16.2. The van der Waals surface area contributed by atoms with E-state index in [9.17, 15) is 0 Å². The summed E-state index contributed by atoms with van der Waals surface area (Å²) in [6.07, 6.45) is 3.26. The first-order valence-corrected chi connectivity index (χ1v) is 8.33. The van der Waals surface area contributed by atoms with E-state index >= 15 is 0 Å². The Labute approximate surface area is 140 Å². The van der Waals surface area contributed by atoms with Gasteiger partial charge in [-0.15, -0.1) is 0 Å². The Balaban J connectivity index is 1.59. The Bertz CT molecular complexity index is 574. The van der Waals surface area contributed by atoms with Gasteiger partial charge in [-0.1, -0.05) is 11.6 Å². The van der Waals surface area contributed by atoms with Gasteiger partial charge >= 0.3 is 0 Å². The number of aliphatic imine (C=N–C) groups is 1. The van der Waals surface area contributed by atoms with Crippen molar-refractivity contribution in [3.05, 3.63) is 22.7 Å². The van der Waals surface area contributed by atoms with Gasteiger partial charge in [0.1, 0.15) is 0 Å². The van der Waals surface area contributed by atoms with Crippen molar-refractivity contribution >= 4 is 17.6 Å². The minimum atomic E-state index is 0.233. The van der Waals surface area contributed by atoms with Crippen molar-refractivity contribution in [1.29, 1.82) is 0 Å². The monoisotopic (exact) mass is 339 g/mol. The standard InChI is InChI=1S/C16H22ClN3O3/c17-13-7-11(8-14-15(13)23-6-2-5-22-14)9-19-16(18)20-10-12-3-1-4-21-12/h7-8,12H,1-6,9-10H2,(H3,18,19,20). The summed E-state index contributed by atoms with van der Waals surface area (Å²) in [5.74, 6) is 1.69. The zero-order valence-electron chi connectivity index (χ0n) is 13.0. The number of ether oxygens (including phenoxy) is 3. The molecule has 2 heterocycles. The van der Waals surface area contributed by atoms with Gasteiger partial charge < -0.3 is 25.3 Å². The van der Waals surface area contributed by atoms with Crippen LogP contribution in [0.4, 0.5) is 0 Å². The largest absolute Gasteiger partial charge is 0.489 e. The zero-order valence-corrected chi connectivity index (χ0v) is 13.8. The second kappa shape index (κ2) is 7.75. The van der Waals surface area contributed by atoms with Gasteiger partial charge in [-0.05, 0) is 30.5 Å². The molecule has 3 rings (SSSR count). The lowest BCUT2D eigenvalue weighted by Crippen LogP contribution is -2.37. The molecule has 23 heavy (non-hydrogen) atoms. The van der Waals surface area contributed by atoms with E-state index in [0.29, 0.717) is 48.8 Å². The van der Waals surface area contributed by atoms with E-state index in [1.807, 2.05) is 12.1 Å². The molecule has 2 aliphatic rings. The molecule has 1 unspecified atom stereocenters. The number of hydrogen-bond donors (Lipinski definition) is 2. The molecule has 1 fully saturated rings. The number of nitrogens with one attached hydrogen (secondary N) is 1. The molecule has 2 aliphatic heterocycles. The lowest BCUT2D eigenvalue weighted by Gasteiger charge is -2.12.